The summed E-state index contributed by atoms with van der Waals surface area (Å²) < 4.78 is 3.72. The van der Waals surface area contributed by atoms with Crippen molar-refractivity contribution in [3.8, 4) is 22.4 Å². The predicted molar refractivity (Wildman–Crippen MR) is 104 cm³/mol. The summed E-state index contributed by atoms with van der Waals surface area (Å²) in [6, 6.07) is 7.79. The monoisotopic (exact) mass is 382 g/mol. The molecule has 0 amide bonds. The molecule has 0 N–H and O–H groups in total. The molecule has 3 heterocycles. The Bertz CT molecular complexity index is 1180. The van der Waals surface area contributed by atoms with Gasteiger partial charge in [0.1, 0.15) is 0 Å². The molecule has 0 bridgehead atoms. The van der Waals surface area contributed by atoms with Crippen molar-refractivity contribution in [3.05, 3.63) is 45.1 Å². The average molecular weight is 382 g/mol. The summed E-state index contributed by atoms with van der Waals surface area (Å²) in [5.41, 5.74) is -0.00351. The van der Waals surface area contributed by atoms with Gasteiger partial charge in [-0.1, -0.05) is 25.5 Å². The molecule has 0 spiro atoms. The molecular formula is C18H18N6O2S. The molecule has 27 heavy (non-hydrogen) atoms. The Balaban J connectivity index is 1.99. The summed E-state index contributed by atoms with van der Waals surface area (Å²) in [7, 11) is 0. The van der Waals surface area contributed by atoms with Crippen molar-refractivity contribution in [2.75, 3.05) is 0 Å². The first-order valence-electron chi connectivity index (χ1n) is 8.88. The van der Waals surface area contributed by atoms with Crippen LogP contribution in [0.3, 0.4) is 0 Å². The van der Waals surface area contributed by atoms with Gasteiger partial charge in [-0.25, -0.2) is 19.4 Å². The number of fused-ring (bicyclic) bond motifs is 2. The van der Waals surface area contributed by atoms with Crippen molar-refractivity contribution in [1.82, 2.24) is 29.3 Å². The van der Waals surface area contributed by atoms with Gasteiger partial charge in [-0.2, -0.15) is 4.98 Å². The minimum atomic E-state index is -0.573. The van der Waals surface area contributed by atoms with E-state index in [1.54, 1.807) is 11.6 Å². The number of aryl methyl sites for hydroxylation is 1. The third kappa shape index (κ3) is 3.03. The maximum Gasteiger partial charge on any atom is 0.352 e. The van der Waals surface area contributed by atoms with Crippen LogP contribution in [0.5, 0.6) is 0 Å². The standard InChI is InChI=1S/C18H18N6O2S/c1-3-5-10-24-15-13(17(25)23(4-2)18(26)21-15)20-14(22-24)16-19-11-8-6-7-9-12(11)27-16/h6-9H,3-5,10H2,1-2H3. The highest BCUT2D eigenvalue weighted by atomic mass is 32.1. The molecule has 1 aromatic carbocycles. The molecule has 0 saturated carbocycles. The summed E-state index contributed by atoms with van der Waals surface area (Å²) >= 11 is 1.47. The Kier molecular flexibility index (Phi) is 4.53. The van der Waals surface area contributed by atoms with Crippen molar-refractivity contribution in [1.29, 1.82) is 0 Å². The van der Waals surface area contributed by atoms with Crippen LogP contribution >= 0.6 is 11.3 Å². The summed E-state index contributed by atoms with van der Waals surface area (Å²) in [5.74, 6) is 0.605. The van der Waals surface area contributed by atoms with Crippen molar-refractivity contribution in [2.45, 2.75) is 39.8 Å². The molecule has 0 fully saturated rings. The predicted octanol–water partition coefficient (Wildman–Crippen LogP) is 2.40. The van der Waals surface area contributed by atoms with E-state index >= 15 is 0 Å². The molecule has 0 atom stereocenters. The number of aromatic nitrogens is 6. The first-order chi connectivity index (χ1) is 13.1. The zero-order valence-corrected chi connectivity index (χ0v) is 15.9. The van der Waals surface area contributed by atoms with Gasteiger partial charge in [-0.15, -0.1) is 16.4 Å². The van der Waals surface area contributed by atoms with Crippen LogP contribution in [0.15, 0.2) is 33.9 Å². The Labute approximate surface area is 158 Å². The molecule has 2 aliphatic rings. The van der Waals surface area contributed by atoms with Crippen LogP contribution in [0, 0.1) is 0 Å². The van der Waals surface area contributed by atoms with Gasteiger partial charge in [0.05, 0.1) is 10.2 Å². The topological polar surface area (TPSA) is 95.6 Å². The molecule has 8 nitrogen and oxygen atoms in total. The molecule has 0 aliphatic carbocycles. The van der Waals surface area contributed by atoms with Gasteiger partial charge >= 0.3 is 5.69 Å². The first kappa shape index (κ1) is 17.5. The summed E-state index contributed by atoms with van der Waals surface area (Å²) in [5, 5.41) is 5.18. The van der Waals surface area contributed by atoms with E-state index in [-0.39, 0.29) is 18.1 Å². The van der Waals surface area contributed by atoms with Gasteiger partial charge in [-0.05, 0) is 25.5 Å². The molecule has 9 heteroatoms. The SMILES string of the molecule is CCCCn1nc(-c2nc3ccccc3s2)nc2c(=O)n(CC)c(=O)nc1-2. The van der Waals surface area contributed by atoms with Crippen LogP contribution in [0.1, 0.15) is 26.7 Å². The van der Waals surface area contributed by atoms with E-state index in [9.17, 15) is 9.59 Å². The number of nitrogens with zero attached hydrogens (tertiary/aromatic N) is 6. The highest BCUT2D eigenvalue weighted by molar-refractivity contribution is 7.21. The van der Waals surface area contributed by atoms with E-state index in [1.807, 2.05) is 24.3 Å². The number of hydrogen-bond acceptors (Lipinski definition) is 7. The fourth-order valence-corrected chi connectivity index (χ4v) is 3.78. The molecule has 0 radical (unpaired) electrons. The Hall–Kier alpha value is -2.94. The maximum absolute atomic E-state index is 12.8. The fraction of sp³-hybridized carbons (Fsp3) is 0.333. The second-order valence-corrected chi connectivity index (χ2v) is 7.15. The van der Waals surface area contributed by atoms with Crippen LogP contribution in [-0.4, -0.2) is 29.3 Å². The molecule has 0 unspecified atom stereocenters. The zero-order chi connectivity index (χ0) is 19.0. The number of thiazole rings is 1. The highest BCUT2D eigenvalue weighted by Crippen LogP contribution is 2.28. The molecule has 138 valence electrons. The lowest BCUT2D eigenvalue weighted by atomic mass is 10.3. The van der Waals surface area contributed by atoms with E-state index in [0.717, 1.165) is 27.6 Å². The minimum Gasteiger partial charge on any atom is -0.267 e. The van der Waals surface area contributed by atoms with E-state index in [0.29, 0.717) is 17.4 Å². The lowest BCUT2D eigenvalue weighted by molar-refractivity contribution is 0.544. The van der Waals surface area contributed by atoms with Crippen molar-refractivity contribution in [2.24, 2.45) is 0 Å². The third-order valence-corrected chi connectivity index (χ3v) is 5.33. The fourth-order valence-electron chi connectivity index (χ4n) is 2.88. The van der Waals surface area contributed by atoms with Crippen LogP contribution in [0.25, 0.3) is 32.6 Å². The lowest BCUT2D eigenvalue weighted by Crippen LogP contribution is -2.38. The van der Waals surface area contributed by atoms with Crippen LogP contribution in [0.2, 0.25) is 0 Å². The Morgan fingerprint density at radius 3 is 2.63 bits per heavy atom. The number of unbranched alkanes of at least 4 members (excludes halogenated alkanes) is 1. The van der Waals surface area contributed by atoms with Crippen molar-refractivity contribution < 1.29 is 0 Å². The molecule has 1 aromatic heterocycles. The van der Waals surface area contributed by atoms with E-state index < -0.39 is 11.2 Å². The molecule has 2 aromatic rings. The van der Waals surface area contributed by atoms with E-state index in [1.165, 1.54) is 11.3 Å². The maximum atomic E-state index is 12.8. The summed E-state index contributed by atoms with van der Waals surface area (Å²) in [4.78, 5) is 38.0. The number of benzene rings is 1. The first-order valence-corrected chi connectivity index (χ1v) is 9.69. The Morgan fingerprint density at radius 1 is 1.07 bits per heavy atom. The van der Waals surface area contributed by atoms with Gasteiger partial charge in [0, 0.05) is 13.1 Å². The Morgan fingerprint density at radius 2 is 1.89 bits per heavy atom. The van der Waals surface area contributed by atoms with Crippen molar-refractivity contribution >= 4 is 21.6 Å². The van der Waals surface area contributed by atoms with Gasteiger partial charge in [0.15, 0.2) is 16.5 Å². The highest BCUT2D eigenvalue weighted by Gasteiger charge is 2.22. The lowest BCUT2D eigenvalue weighted by Gasteiger charge is -2.14. The smallest absolute Gasteiger partial charge is 0.267 e. The van der Waals surface area contributed by atoms with E-state index in [2.05, 4.69) is 27.0 Å². The third-order valence-electron chi connectivity index (χ3n) is 4.29. The summed E-state index contributed by atoms with van der Waals surface area (Å²) in [6.45, 7) is 4.59. The number of hydrogen-bond donors (Lipinski definition) is 0. The van der Waals surface area contributed by atoms with Crippen LogP contribution in [-0.2, 0) is 13.1 Å². The quantitative estimate of drug-likeness (QED) is 0.526. The van der Waals surface area contributed by atoms with Gasteiger partial charge in [0.2, 0.25) is 5.82 Å². The average Bonchev–Trinajstić information content (AvgIpc) is 3.11. The second-order valence-electron chi connectivity index (χ2n) is 6.11. The molecular weight excluding hydrogens is 364 g/mol. The second kappa shape index (κ2) is 6.99. The molecule has 2 aliphatic heterocycles. The van der Waals surface area contributed by atoms with E-state index in [4.69, 9.17) is 0 Å². The van der Waals surface area contributed by atoms with Crippen molar-refractivity contribution in [3.63, 3.8) is 0 Å². The minimum absolute atomic E-state index is 0.150. The number of para-hydroxylation sites is 1. The summed E-state index contributed by atoms with van der Waals surface area (Å²) in [6.07, 6.45) is 1.80. The van der Waals surface area contributed by atoms with Gasteiger partial charge in [0.25, 0.3) is 5.56 Å². The number of rotatable bonds is 5. The van der Waals surface area contributed by atoms with Gasteiger partial charge in [-0.3, -0.25) is 9.36 Å². The normalized spacial score (nSPS) is 11.5. The largest absolute Gasteiger partial charge is 0.352 e. The zero-order valence-electron chi connectivity index (χ0n) is 15.0. The van der Waals surface area contributed by atoms with Crippen LogP contribution in [0.4, 0.5) is 0 Å². The molecule has 0 saturated heterocycles. The molecule has 4 rings (SSSR count). The van der Waals surface area contributed by atoms with Crippen LogP contribution < -0.4 is 11.2 Å². The van der Waals surface area contributed by atoms with Gasteiger partial charge < -0.3 is 0 Å².